The van der Waals surface area contributed by atoms with Gasteiger partial charge < -0.3 is 9.84 Å². The van der Waals surface area contributed by atoms with Gasteiger partial charge in [0, 0.05) is 6.20 Å². The van der Waals surface area contributed by atoms with Gasteiger partial charge in [-0.05, 0) is 36.2 Å². The van der Waals surface area contributed by atoms with Crippen LogP contribution in [0.3, 0.4) is 0 Å². The molecule has 2 rings (SSSR count). The molecule has 0 spiro atoms. The molecular weight excluding hydrogens is 249 g/mol. The maximum Gasteiger partial charge on any atom is 0.339 e. The summed E-state index contributed by atoms with van der Waals surface area (Å²) >= 11 is 0. The highest BCUT2D eigenvalue weighted by atomic mass is 19.1. The maximum absolute atomic E-state index is 13.0. The Morgan fingerprint density at radius 1 is 1.42 bits per heavy atom. The maximum atomic E-state index is 13.0. The van der Waals surface area contributed by atoms with E-state index in [4.69, 9.17) is 9.84 Å². The van der Waals surface area contributed by atoms with Gasteiger partial charge >= 0.3 is 5.97 Å². The van der Waals surface area contributed by atoms with Crippen LogP contribution < -0.4 is 4.74 Å². The van der Waals surface area contributed by atoms with E-state index in [0.717, 1.165) is 11.1 Å². The number of pyridine rings is 1. The van der Waals surface area contributed by atoms with Gasteiger partial charge in [-0.2, -0.15) is 0 Å². The number of rotatable bonds is 4. The van der Waals surface area contributed by atoms with Crippen LogP contribution in [-0.4, -0.2) is 16.1 Å². The van der Waals surface area contributed by atoms with Crippen LogP contribution in [0.4, 0.5) is 4.39 Å². The summed E-state index contributed by atoms with van der Waals surface area (Å²) in [6.45, 7) is 1.93. The summed E-state index contributed by atoms with van der Waals surface area (Å²) in [5, 5.41) is 9.00. The van der Waals surface area contributed by atoms with Crippen molar-refractivity contribution in [1.29, 1.82) is 0 Å². The van der Waals surface area contributed by atoms with Crippen molar-refractivity contribution in [1.82, 2.24) is 4.98 Å². The second-order valence-electron chi connectivity index (χ2n) is 4.04. The smallest absolute Gasteiger partial charge is 0.339 e. The summed E-state index contributed by atoms with van der Waals surface area (Å²) in [5.74, 6) is -1.19. The zero-order valence-corrected chi connectivity index (χ0v) is 10.3. The number of carboxylic acids is 1. The number of hydrogen-bond acceptors (Lipinski definition) is 3. The summed E-state index contributed by atoms with van der Waals surface area (Å²) < 4.78 is 18.4. The normalized spacial score (nSPS) is 10.2. The Kier molecular flexibility index (Phi) is 3.75. The molecule has 0 aliphatic heterocycles. The van der Waals surface area contributed by atoms with Crippen LogP contribution in [0.2, 0.25) is 0 Å². The van der Waals surface area contributed by atoms with Gasteiger partial charge in [0.1, 0.15) is 18.0 Å². The summed E-state index contributed by atoms with van der Waals surface area (Å²) in [4.78, 5) is 14.8. The Hall–Kier alpha value is -2.43. The van der Waals surface area contributed by atoms with Crippen molar-refractivity contribution >= 4 is 5.97 Å². The van der Waals surface area contributed by atoms with Crippen molar-refractivity contribution in [2.75, 3.05) is 0 Å². The lowest BCUT2D eigenvalue weighted by atomic mass is 10.1. The minimum absolute atomic E-state index is 0.0507. The first-order chi connectivity index (χ1) is 9.08. The van der Waals surface area contributed by atoms with Crippen LogP contribution in [0.5, 0.6) is 5.75 Å². The summed E-state index contributed by atoms with van der Waals surface area (Å²) in [6, 6.07) is 5.73. The quantitative estimate of drug-likeness (QED) is 0.919. The third-order valence-electron chi connectivity index (χ3n) is 2.70. The first-order valence-electron chi connectivity index (χ1n) is 5.63. The molecule has 1 N–H and O–H groups in total. The molecule has 0 amide bonds. The monoisotopic (exact) mass is 261 g/mol. The first-order valence-corrected chi connectivity index (χ1v) is 5.63. The number of ether oxygens (including phenoxy) is 1. The van der Waals surface area contributed by atoms with E-state index >= 15 is 0 Å². The number of halogens is 1. The van der Waals surface area contributed by atoms with E-state index in [1.165, 1.54) is 30.6 Å². The van der Waals surface area contributed by atoms with E-state index < -0.39 is 5.97 Å². The van der Waals surface area contributed by atoms with E-state index in [9.17, 15) is 9.18 Å². The number of aromatic carboxylic acids is 1. The van der Waals surface area contributed by atoms with Gasteiger partial charge in [0.25, 0.3) is 0 Å². The predicted octanol–water partition coefficient (Wildman–Crippen LogP) is 2.81. The summed E-state index contributed by atoms with van der Waals surface area (Å²) in [7, 11) is 0. The SMILES string of the molecule is Cc1cc(F)ccc1COc1cnccc1C(=O)O. The van der Waals surface area contributed by atoms with Crippen LogP contribution in [0.1, 0.15) is 21.5 Å². The van der Waals surface area contributed by atoms with E-state index in [0.29, 0.717) is 0 Å². The number of nitrogens with zero attached hydrogens (tertiary/aromatic N) is 1. The average molecular weight is 261 g/mol. The second-order valence-corrected chi connectivity index (χ2v) is 4.04. The molecule has 0 aliphatic carbocycles. The van der Waals surface area contributed by atoms with Crippen molar-refractivity contribution in [3.63, 3.8) is 0 Å². The minimum Gasteiger partial charge on any atom is -0.486 e. The number of carboxylic acid groups (broad SMARTS) is 1. The van der Waals surface area contributed by atoms with E-state index in [2.05, 4.69) is 4.98 Å². The molecule has 19 heavy (non-hydrogen) atoms. The van der Waals surface area contributed by atoms with Gasteiger partial charge in [0.2, 0.25) is 0 Å². The third-order valence-corrected chi connectivity index (χ3v) is 2.70. The highest BCUT2D eigenvalue weighted by Crippen LogP contribution is 2.19. The van der Waals surface area contributed by atoms with Crippen molar-refractivity contribution < 1.29 is 19.0 Å². The molecular formula is C14H12FNO3. The lowest BCUT2D eigenvalue weighted by Gasteiger charge is -2.10. The van der Waals surface area contributed by atoms with E-state index in [1.807, 2.05) is 0 Å². The van der Waals surface area contributed by atoms with Crippen molar-refractivity contribution in [3.8, 4) is 5.75 Å². The fraction of sp³-hybridized carbons (Fsp3) is 0.143. The van der Waals surface area contributed by atoms with Gasteiger partial charge in [-0.25, -0.2) is 9.18 Å². The molecule has 0 radical (unpaired) electrons. The third kappa shape index (κ3) is 3.07. The summed E-state index contributed by atoms with van der Waals surface area (Å²) in [6.07, 6.45) is 2.74. The van der Waals surface area contributed by atoms with Gasteiger partial charge in [0.05, 0.1) is 6.20 Å². The minimum atomic E-state index is -1.08. The topological polar surface area (TPSA) is 59.4 Å². The Labute approximate surface area is 109 Å². The molecule has 98 valence electrons. The zero-order valence-electron chi connectivity index (χ0n) is 10.3. The summed E-state index contributed by atoms with van der Waals surface area (Å²) in [5.41, 5.74) is 1.59. The molecule has 0 saturated carbocycles. The van der Waals surface area contributed by atoms with Crippen LogP contribution in [0.25, 0.3) is 0 Å². The van der Waals surface area contributed by atoms with Gasteiger partial charge in [0.15, 0.2) is 5.75 Å². The molecule has 4 nitrogen and oxygen atoms in total. The molecule has 0 aliphatic rings. The Morgan fingerprint density at radius 3 is 2.89 bits per heavy atom. The average Bonchev–Trinajstić information content (AvgIpc) is 2.38. The number of benzene rings is 1. The van der Waals surface area contributed by atoms with Gasteiger partial charge in [-0.1, -0.05) is 6.07 Å². The van der Waals surface area contributed by atoms with Gasteiger partial charge in [-0.3, -0.25) is 4.98 Å². The number of hydrogen-bond donors (Lipinski definition) is 1. The fourth-order valence-corrected chi connectivity index (χ4v) is 1.65. The predicted molar refractivity (Wildman–Crippen MR) is 66.7 cm³/mol. The number of aromatic nitrogens is 1. The van der Waals surface area contributed by atoms with E-state index in [1.54, 1.807) is 13.0 Å². The second kappa shape index (κ2) is 5.48. The number of carbonyl (C=O) groups is 1. The highest BCUT2D eigenvalue weighted by Gasteiger charge is 2.11. The molecule has 2 aromatic rings. The van der Waals surface area contributed by atoms with Crippen molar-refractivity contribution in [2.24, 2.45) is 0 Å². The largest absolute Gasteiger partial charge is 0.486 e. The first kappa shape index (κ1) is 13.0. The molecule has 1 heterocycles. The van der Waals surface area contributed by atoms with Crippen molar-refractivity contribution in [3.05, 3.63) is 59.2 Å². The van der Waals surface area contributed by atoms with Crippen LogP contribution in [0, 0.1) is 12.7 Å². The molecule has 0 atom stereocenters. The molecule has 0 bridgehead atoms. The zero-order chi connectivity index (χ0) is 13.8. The molecule has 0 saturated heterocycles. The van der Waals surface area contributed by atoms with Gasteiger partial charge in [-0.15, -0.1) is 0 Å². The Morgan fingerprint density at radius 2 is 2.21 bits per heavy atom. The lowest BCUT2D eigenvalue weighted by Crippen LogP contribution is -2.04. The Balaban J connectivity index is 2.17. The molecule has 0 unspecified atom stereocenters. The van der Waals surface area contributed by atoms with Crippen molar-refractivity contribution in [2.45, 2.75) is 13.5 Å². The van der Waals surface area contributed by atoms with Crippen LogP contribution in [0.15, 0.2) is 36.7 Å². The molecule has 5 heteroatoms. The molecule has 0 fully saturated rings. The molecule has 1 aromatic heterocycles. The standard InChI is InChI=1S/C14H12FNO3/c1-9-6-11(15)3-2-10(9)8-19-13-7-16-5-4-12(13)14(17)18/h2-7H,8H2,1H3,(H,17,18). The number of aryl methyl sites for hydroxylation is 1. The lowest BCUT2D eigenvalue weighted by molar-refractivity contribution is 0.0691. The molecule has 1 aromatic carbocycles. The van der Waals surface area contributed by atoms with E-state index in [-0.39, 0.29) is 23.7 Å². The van der Waals surface area contributed by atoms with Crippen LogP contribution in [-0.2, 0) is 6.61 Å². The fourth-order valence-electron chi connectivity index (χ4n) is 1.65. The Bertz CT molecular complexity index is 613. The van der Waals surface area contributed by atoms with Crippen LogP contribution >= 0.6 is 0 Å². The highest BCUT2D eigenvalue weighted by molar-refractivity contribution is 5.90.